The Balaban J connectivity index is 1.48. The number of nitrogens with one attached hydrogen (secondary N) is 1. The normalized spacial score (nSPS) is 21.1. The highest BCUT2D eigenvalue weighted by atomic mass is 16.5. The molecule has 1 saturated heterocycles. The predicted molar refractivity (Wildman–Crippen MR) is 94.6 cm³/mol. The second kappa shape index (κ2) is 7.07. The smallest absolute Gasteiger partial charge is 0.229 e. The quantitative estimate of drug-likeness (QED) is 0.894. The lowest BCUT2D eigenvalue weighted by Gasteiger charge is -2.24. The van der Waals surface area contributed by atoms with Crippen LogP contribution in [0.1, 0.15) is 67.2 Å². The van der Waals surface area contributed by atoms with Gasteiger partial charge in [0.15, 0.2) is 5.82 Å². The van der Waals surface area contributed by atoms with E-state index in [1.807, 2.05) is 14.0 Å². The number of aromatic nitrogens is 4. The minimum absolute atomic E-state index is 0.470. The Bertz CT molecular complexity index is 720. The Morgan fingerprint density at radius 3 is 2.72 bits per heavy atom. The number of hydrogen-bond donors (Lipinski definition) is 1. The Morgan fingerprint density at radius 2 is 2.00 bits per heavy atom. The number of nitrogens with zero attached hydrogens (tertiary/aromatic N) is 5. The zero-order chi connectivity index (χ0) is 17.2. The van der Waals surface area contributed by atoms with E-state index >= 15 is 0 Å². The summed E-state index contributed by atoms with van der Waals surface area (Å²) in [5.41, 5.74) is 1.13. The second-order valence-corrected chi connectivity index (χ2v) is 7.27. The van der Waals surface area contributed by atoms with Crippen molar-refractivity contribution < 1.29 is 4.52 Å². The summed E-state index contributed by atoms with van der Waals surface area (Å²) in [5.74, 6) is 4.19. The van der Waals surface area contributed by atoms with Crippen LogP contribution in [0.3, 0.4) is 0 Å². The molecule has 7 heteroatoms. The molecule has 1 N–H and O–H groups in total. The van der Waals surface area contributed by atoms with Gasteiger partial charge in [-0.15, -0.1) is 0 Å². The third-order valence-corrected chi connectivity index (χ3v) is 5.27. The Kier molecular flexibility index (Phi) is 4.65. The predicted octanol–water partition coefficient (Wildman–Crippen LogP) is 2.54. The summed E-state index contributed by atoms with van der Waals surface area (Å²) < 4.78 is 5.42. The average Bonchev–Trinajstić information content (AvgIpc) is 3.01. The summed E-state index contributed by atoms with van der Waals surface area (Å²) >= 11 is 0. The molecule has 1 saturated carbocycles. The molecule has 0 radical (unpaired) electrons. The van der Waals surface area contributed by atoms with E-state index in [0.29, 0.717) is 18.4 Å². The van der Waals surface area contributed by atoms with Crippen molar-refractivity contribution in [1.82, 2.24) is 25.4 Å². The van der Waals surface area contributed by atoms with Gasteiger partial charge in [0.1, 0.15) is 11.6 Å². The van der Waals surface area contributed by atoms with E-state index in [-0.39, 0.29) is 0 Å². The van der Waals surface area contributed by atoms with Crippen molar-refractivity contribution in [3.8, 4) is 0 Å². The summed E-state index contributed by atoms with van der Waals surface area (Å²) in [6.45, 7) is 4.65. The molecule has 1 atom stereocenters. The van der Waals surface area contributed by atoms with Crippen LogP contribution in [0.4, 0.5) is 5.82 Å². The average molecular weight is 342 g/mol. The van der Waals surface area contributed by atoms with Crippen LogP contribution in [-0.4, -0.2) is 40.2 Å². The van der Waals surface area contributed by atoms with Crippen LogP contribution in [0.2, 0.25) is 0 Å². The summed E-state index contributed by atoms with van der Waals surface area (Å²) in [7, 11) is 2.02. The van der Waals surface area contributed by atoms with Gasteiger partial charge >= 0.3 is 0 Å². The van der Waals surface area contributed by atoms with Crippen molar-refractivity contribution >= 4 is 5.82 Å². The first kappa shape index (κ1) is 16.4. The number of piperidine rings is 1. The molecule has 3 heterocycles. The van der Waals surface area contributed by atoms with E-state index in [1.54, 1.807) is 0 Å². The van der Waals surface area contributed by atoms with Crippen molar-refractivity contribution in [2.45, 2.75) is 57.4 Å². The molecule has 7 nitrogen and oxygen atoms in total. The highest BCUT2D eigenvalue weighted by Crippen LogP contribution is 2.35. The summed E-state index contributed by atoms with van der Waals surface area (Å²) in [6, 6.07) is 2.11. The SMILES string of the molecule is Cc1nc(C2CCCNC2)cc(N(C)Cc2noc(C3CCC3)n2)n1. The molecule has 1 aliphatic carbocycles. The van der Waals surface area contributed by atoms with Gasteiger partial charge in [0.2, 0.25) is 5.89 Å². The lowest BCUT2D eigenvalue weighted by atomic mass is 9.85. The van der Waals surface area contributed by atoms with Crippen molar-refractivity contribution in [3.63, 3.8) is 0 Å². The molecule has 1 unspecified atom stereocenters. The monoisotopic (exact) mass is 342 g/mol. The van der Waals surface area contributed by atoms with Gasteiger partial charge in [0, 0.05) is 31.5 Å². The molecule has 134 valence electrons. The zero-order valence-corrected chi connectivity index (χ0v) is 15.0. The number of aryl methyl sites for hydroxylation is 1. The molecule has 0 bridgehead atoms. The van der Waals surface area contributed by atoms with Crippen LogP contribution in [-0.2, 0) is 6.54 Å². The number of hydrogen-bond acceptors (Lipinski definition) is 7. The van der Waals surface area contributed by atoms with Gasteiger partial charge in [-0.05, 0) is 39.2 Å². The molecule has 2 aromatic rings. The molecule has 25 heavy (non-hydrogen) atoms. The number of anilines is 1. The van der Waals surface area contributed by atoms with Crippen molar-refractivity contribution in [3.05, 3.63) is 29.3 Å². The van der Waals surface area contributed by atoms with Crippen molar-refractivity contribution in [1.29, 1.82) is 0 Å². The fraction of sp³-hybridized carbons (Fsp3) is 0.667. The van der Waals surface area contributed by atoms with E-state index < -0.39 is 0 Å². The zero-order valence-electron chi connectivity index (χ0n) is 15.0. The molecule has 0 spiro atoms. The van der Waals surface area contributed by atoms with Crippen LogP contribution in [0, 0.1) is 6.92 Å². The van der Waals surface area contributed by atoms with Gasteiger partial charge < -0.3 is 14.7 Å². The molecule has 0 amide bonds. The molecule has 1 aliphatic heterocycles. The summed E-state index contributed by atoms with van der Waals surface area (Å²) in [5, 5.41) is 7.60. The Labute approximate surface area is 148 Å². The van der Waals surface area contributed by atoms with Gasteiger partial charge in [0.25, 0.3) is 0 Å². The minimum Gasteiger partial charge on any atom is -0.352 e. The standard InChI is InChI=1S/C18H26N6O/c1-12-20-15(14-7-4-8-19-10-14)9-17(21-12)24(2)11-16-22-18(25-23-16)13-5-3-6-13/h9,13-14,19H,3-8,10-11H2,1-2H3. The van der Waals surface area contributed by atoms with E-state index in [1.165, 1.54) is 32.1 Å². The van der Waals surface area contributed by atoms with Gasteiger partial charge in [-0.2, -0.15) is 4.98 Å². The molecule has 2 aromatic heterocycles. The van der Waals surface area contributed by atoms with E-state index in [9.17, 15) is 0 Å². The lowest BCUT2D eigenvalue weighted by Crippen LogP contribution is -2.29. The van der Waals surface area contributed by atoms with E-state index in [4.69, 9.17) is 4.52 Å². The Morgan fingerprint density at radius 1 is 1.16 bits per heavy atom. The van der Waals surface area contributed by atoms with Crippen LogP contribution in [0.15, 0.2) is 10.6 Å². The summed E-state index contributed by atoms with van der Waals surface area (Å²) in [6.07, 6.45) is 5.98. The maximum Gasteiger partial charge on any atom is 0.229 e. The first-order chi connectivity index (χ1) is 12.2. The maximum absolute atomic E-state index is 5.42. The topological polar surface area (TPSA) is 80.0 Å². The fourth-order valence-corrected chi connectivity index (χ4v) is 3.53. The lowest BCUT2D eigenvalue weighted by molar-refractivity contribution is 0.291. The molecule has 4 rings (SSSR count). The molecule has 2 fully saturated rings. The van der Waals surface area contributed by atoms with Crippen molar-refractivity contribution in [2.75, 3.05) is 25.0 Å². The second-order valence-electron chi connectivity index (χ2n) is 7.27. The van der Waals surface area contributed by atoms with E-state index in [2.05, 4.69) is 36.4 Å². The maximum atomic E-state index is 5.42. The molecule has 2 aliphatic rings. The number of rotatable bonds is 5. The van der Waals surface area contributed by atoms with Crippen LogP contribution >= 0.6 is 0 Å². The first-order valence-corrected chi connectivity index (χ1v) is 9.29. The first-order valence-electron chi connectivity index (χ1n) is 9.29. The van der Waals surface area contributed by atoms with Crippen LogP contribution < -0.4 is 10.2 Å². The van der Waals surface area contributed by atoms with Gasteiger partial charge in [-0.3, -0.25) is 0 Å². The van der Waals surface area contributed by atoms with E-state index in [0.717, 1.165) is 42.1 Å². The van der Waals surface area contributed by atoms with Crippen LogP contribution in [0.25, 0.3) is 0 Å². The highest BCUT2D eigenvalue weighted by molar-refractivity contribution is 5.40. The molecule has 0 aromatic carbocycles. The largest absolute Gasteiger partial charge is 0.352 e. The minimum atomic E-state index is 0.470. The molecular weight excluding hydrogens is 316 g/mol. The third kappa shape index (κ3) is 3.66. The van der Waals surface area contributed by atoms with Gasteiger partial charge in [-0.25, -0.2) is 9.97 Å². The molecular formula is C18H26N6O. The fourth-order valence-electron chi connectivity index (χ4n) is 3.53. The van der Waals surface area contributed by atoms with Crippen LogP contribution in [0.5, 0.6) is 0 Å². The van der Waals surface area contributed by atoms with Gasteiger partial charge in [0.05, 0.1) is 12.2 Å². The van der Waals surface area contributed by atoms with Crippen molar-refractivity contribution in [2.24, 2.45) is 0 Å². The summed E-state index contributed by atoms with van der Waals surface area (Å²) in [4.78, 5) is 15.9. The third-order valence-electron chi connectivity index (χ3n) is 5.27. The Hall–Kier alpha value is -2.02. The highest BCUT2D eigenvalue weighted by Gasteiger charge is 2.25. The van der Waals surface area contributed by atoms with Gasteiger partial charge in [-0.1, -0.05) is 11.6 Å².